The number of carbonyl (C=O) groups is 4. The van der Waals surface area contributed by atoms with Crippen LogP contribution >= 0.6 is 0 Å². The molecule has 0 aromatic heterocycles. The van der Waals surface area contributed by atoms with Gasteiger partial charge in [-0.15, -0.1) is 0 Å². The smallest absolute Gasteiger partial charge is 0.336 e. The lowest BCUT2D eigenvalue weighted by atomic mass is 9.97. The maximum atomic E-state index is 10.5. The van der Waals surface area contributed by atoms with Crippen LogP contribution in [0.3, 0.4) is 0 Å². The molecule has 0 spiro atoms. The number of hydrogen-bond acceptors (Lipinski definition) is 6. The molecule has 0 fully saturated rings. The molecule has 0 aliphatic carbocycles. The van der Waals surface area contributed by atoms with E-state index in [9.17, 15) is 19.2 Å². The molecule has 0 saturated carbocycles. The number of aliphatic hydroxyl groups is 2. The molecule has 0 amide bonds. The zero-order chi connectivity index (χ0) is 24.2. The Kier molecular flexibility index (Phi) is 11.2. The fourth-order valence-electron chi connectivity index (χ4n) is 1.76. The van der Waals surface area contributed by atoms with Crippen molar-refractivity contribution < 1.29 is 49.8 Å². The van der Waals surface area contributed by atoms with Crippen molar-refractivity contribution in [2.75, 3.05) is 13.2 Å². The van der Waals surface area contributed by atoms with Gasteiger partial charge in [0.1, 0.15) is 0 Å². The van der Waals surface area contributed by atoms with Crippen LogP contribution in [-0.2, 0) is 0 Å². The molecular formula is C21H24O10. The van der Waals surface area contributed by atoms with Gasteiger partial charge in [-0.05, 0) is 24.3 Å². The fraction of sp³-hybridized carbons (Fsp3) is 0.238. The van der Waals surface area contributed by atoms with Crippen LogP contribution in [0.25, 0.3) is 0 Å². The summed E-state index contributed by atoms with van der Waals surface area (Å²) >= 11 is 0. The molecule has 0 unspecified atom stereocenters. The second-order valence-corrected chi connectivity index (χ2v) is 6.79. The summed E-state index contributed by atoms with van der Waals surface area (Å²) in [4.78, 5) is 41.9. The highest BCUT2D eigenvalue weighted by Gasteiger charge is 2.15. The molecule has 2 aromatic rings. The second-order valence-electron chi connectivity index (χ2n) is 6.79. The molecule has 0 radical (unpaired) electrons. The Labute approximate surface area is 177 Å². The number of carboxylic acids is 4. The highest BCUT2D eigenvalue weighted by atomic mass is 16.4. The third-order valence-electron chi connectivity index (χ3n) is 3.63. The van der Waals surface area contributed by atoms with Crippen molar-refractivity contribution in [1.82, 2.24) is 0 Å². The summed E-state index contributed by atoms with van der Waals surface area (Å²) < 4.78 is 0. The predicted molar refractivity (Wildman–Crippen MR) is 109 cm³/mol. The zero-order valence-electron chi connectivity index (χ0n) is 16.8. The Morgan fingerprint density at radius 1 is 0.581 bits per heavy atom. The molecule has 0 aliphatic rings. The maximum absolute atomic E-state index is 10.5. The van der Waals surface area contributed by atoms with Gasteiger partial charge in [0.25, 0.3) is 0 Å². The summed E-state index contributed by atoms with van der Waals surface area (Å²) in [5.74, 6) is -4.91. The van der Waals surface area contributed by atoms with E-state index in [-0.39, 0.29) is 40.9 Å². The predicted octanol–water partition coefficient (Wildman–Crippen LogP) is 2.16. The average molecular weight is 436 g/mol. The van der Waals surface area contributed by atoms with Crippen molar-refractivity contribution in [1.29, 1.82) is 0 Å². The fourth-order valence-corrected chi connectivity index (χ4v) is 1.76. The van der Waals surface area contributed by atoms with Gasteiger partial charge in [0.05, 0.1) is 35.5 Å². The summed E-state index contributed by atoms with van der Waals surface area (Å²) in [7, 11) is 0. The molecule has 2 rings (SSSR count). The van der Waals surface area contributed by atoms with Crippen LogP contribution in [0.4, 0.5) is 0 Å². The van der Waals surface area contributed by atoms with Crippen LogP contribution in [0, 0.1) is 5.41 Å². The standard InChI is InChI=1S/2C8H6O4.C5H12O2/c2*9-7(10)5-3-1-2-4-6(5)8(11)12;1-5(2,3-6)4-7/h2*1-4H,(H,9,10)(H,11,12);6-7H,3-4H2,1-2H3. The summed E-state index contributed by atoms with van der Waals surface area (Å²) in [5.41, 5.74) is -1.06. The van der Waals surface area contributed by atoms with Gasteiger partial charge in [0, 0.05) is 5.41 Å². The first-order chi connectivity index (χ1) is 14.4. The van der Waals surface area contributed by atoms with Crippen molar-refractivity contribution >= 4 is 23.9 Å². The molecule has 6 N–H and O–H groups in total. The molecule has 0 bridgehead atoms. The number of benzene rings is 2. The van der Waals surface area contributed by atoms with Crippen molar-refractivity contribution in [3.8, 4) is 0 Å². The van der Waals surface area contributed by atoms with Crippen molar-refractivity contribution in [2.24, 2.45) is 5.41 Å². The van der Waals surface area contributed by atoms with E-state index in [1.54, 1.807) is 13.8 Å². The van der Waals surface area contributed by atoms with Crippen LogP contribution < -0.4 is 0 Å². The largest absolute Gasteiger partial charge is 0.478 e. The summed E-state index contributed by atoms with van der Waals surface area (Å²) in [6.45, 7) is 3.69. The second kappa shape index (κ2) is 12.7. The average Bonchev–Trinajstić information content (AvgIpc) is 2.74. The first-order valence-electron chi connectivity index (χ1n) is 8.71. The van der Waals surface area contributed by atoms with Gasteiger partial charge < -0.3 is 30.6 Å². The van der Waals surface area contributed by atoms with Gasteiger partial charge in [-0.25, -0.2) is 19.2 Å². The lowest BCUT2D eigenvalue weighted by Crippen LogP contribution is -2.20. The minimum absolute atomic E-state index is 0.0451. The van der Waals surface area contributed by atoms with E-state index in [0.717, 1.165) is 0 Å². The van der Waals surface area contributed by atoms with Gasteiger partial charge in [-0.3, -0.25) is 0 Å². The lowest BCUT2D eigenvalue weighted by molar-refractivity contribution is 0.0651. The summed E-state index contributed by atoms with van der Waals surface area (Å²) in [6, 6.07) is 11.0. The first kappa shape index (κ1) is 27.2. The van der Waals surface area contributed by atoms with Crippen molar-refractivity contribution in [3.63, 3.8) is 0 Å². The van der Waals surface area contributed by atoms with E-state index >= 15 is 0 Å². The highest BCUT2D eigenvalue weighted by Crippen LogP contribution is 2.10. The van der Waals surface area contributed by atoms with Crippen LogP contribution in [0.1, 0.15) is 55.3 Å². The van der Waals surface area contributed by atoms with Gasteiger partial charge in [0.15, 0.2) is 0 Å². The molecule has 0 heterocycles. The minimum atomic E-state index is -1.23. The molecule has 10 nitrogen and oxygen atoms in total. The van der Waals surface area contributed by atoms with Gasteiger partial charge >= 0.3 is 23.9 Å². The third kappa shape index (κ3) is 9.52. The van der Waals surface area contributed by atoms with Crippen LogP contribution in [0.15, 0.2) is 48.5 Å². The van der Waals surface area contributed by atoms with Crippen LogP contribution in [0.2, 0.25) is 0 Å². The van der Waals surface area contributed by atoms with E-state index in [2.05, 4.69) is 0 Å². The number of hydrogen-bond donors (Lipinski definition) is 6. The van der Waals surface area contributed by atoms with Gasteiger partial charge in [-0.2, -0.15) is 0 Å². The molecule has 10 heteroatoms. The molecule has 31 heavy (non-hydrogen) atoms. The van der Waals surface area contributed by atoms with E-state index in [1.807, 2.05) is 0 Å². The van der Waals surface area contributed by atoms with Gasteiger partial charge in [-0.1, -0.05) is 38.1 Å². The SMILES string of the molecule is CC(C)(CO)CO.O=C(O)c1ccccc1C(=O)O.O=C(O)c1ccccc1C(=O)O. The quantitative estimate of drug-likeness (QED) is 0.391. The Balaban J connectivity index is 0.000000454. The molecule has 0 atom stereocenters. The Morgan fingerprint density at radius 3 is 0.871 bits per heavy atom. The first-order valence-corrected chi connectivity index (χ1v) is 8.71. The van der Waals surface area contributed by atoms with E-state index in [4.69, 9.17) is 30.6 Å². The summed E-state index contributed by atoms with van der Waals surface area (Å²) in [6.07, 6.45) is 0. The number of rotatable bonds is 6. The minimum Gasteiger partial charge on any atom is -0.478 e. The van der Waals surface area contributed by atoms with Gasteiger partial charge in [0.2, 0.25) is 0 Å². The normalized spacial score (nSPS) is 9.94. The maximum Gasteiger partial charge on any atom is 0.336 e. The molecule has 0 aliphatic heterocycles. The van der Waals surface area contributed by atoms with Crippen molar-refractivity contribution in [3.05, 3.63) is 70.8 Å². The Morgan fingerprint density at radius 2 is 0.774 bits per heavy atom. The topological polar surface area (TPSA) is 190 Å². The molecule has 0 saturated heterocycles. The van der Waals surface area contributed by atoms with E-state index in [1.165, 1.54) is 48.5 Å². The number of aliphatic hydroxyl groups excluding tert-OH is 2. The van der Waals surface area contributed by atoms with Crippen molar-refractivity contribution in [2.45, 2.75) is 13.8 Å². The molecule has 168 valence electrons. The van der Waals surface area contributed by atoms with Crippen LogP contribution in [0.5, 0.6) is 0 Å². The zero-order valence-corrected chi connectivity index (χ0v) is 16.8. The number of aromatic carboxylic acids is 4. The Bertz CT molecular complexity index is 778. The highest BCUT2D eigenvalue weighted by molar-refractivity contribution is 6.02. The summed E-state index contributed by atoms with van der Waals surface area (Å²) in [5, 5.41) is 51.1. The number of carboxylic acid groups (broad SMARTS) is 4. The molecule has 2 aromatic carbocycles. The van der Waals surface area contributed by atoms with E-state index < -0.39 is 23.9 Å². The lowest BCUT2D eigenvalue weighted by Gasteiger charge is -2.16. The third-order valence-corrected chi connectivity index (χ3v) is 3.63. The Hall–Kier alpha value is -3.76. The van der Waals surface area contributed by atoms with Crippen LogP contribution in [-0.4, -0.2) is 67.7 Å². The molecular weight excluding hydrogens is 412 g/mol. The monoisotopic (exact) mass is 436 g/mol. The van der Waals surface area contributed by atoms with E-state index in [0.29, 0.717) is 0 Å².